The zero-order chi connectivity index (χ0) is 11.3. The molecule has 1 atom stereocenters. The highest BCUT2D eigenvalue weighted by Gasteiger charge is 2.12. The zero-order valence-corrected chi connectivity index (χ0v) is 9.73. The molecule has 0 amide bonds. The lowest BCUT2D eigenvalue weighted by atomic mass is 10.0. The second-order valence-electron chi connectivity index (χ2n) is 3.69. The van der Waals surface area contributed by atoms with Crippen LogP contribution < -0.4 is 0 Å². The van der Waals surface area contributed by atoms with Crippen LogP contribution in [0.1, 0.15) is 42.7 Å². The largest absolute Gasteiger partial charge is 0.298 e. The van der Waals surface area contributed by atoms with Gasteiger partial charge in [0.2, 0.25) is 0 Å². The van der Waals surface area contributed by atoms with Crippen molar-refractivity contribution < 1.29 is 4.79 Å². The molecule has 0 saturated heterocycles. The first-order valence-corrected chi connectivity index (χ1v) is 5.52. The van der Waals surface area contributed by atoms with Gasteiger partial charge in [-0.15, -0.1) is 0 Å². The van der Waals surface area contributed by atoms with Gasteiger partial charge < -0.3 is 0 Å². The van der Waals surface area contributed by atoms with Gasteiger partial charge in [0.1, 0.15) is 6.29 Å². The third kappa shape index (κ3) is 2.90. The van der Waals surface area contributed by atoms with Crippen LogP contribution in [0.2, 0.25) is 0 Å². The van der Waals surface area contributed by atoms with Gasteiger partial charge in [-0.05, 0) is 31.6 Å². The average molecular weight is 205 g/mol. The molecule has 82 valence electrons. The lowest BCUT2D eigenvalue weighted by Crippen LogP contribution is -2.26. The normalized spacial score (nSPS) is 12.8. The van der Waals surface area contributed by atoms with Gasteiger partial charge in [-0.3, -0.25) is 9.69 Å². The van der Waals surface area contributed by atoms with E-state index in [1.165, 1.54) is 5.56 Å². The fourth-order valence-corrected chi connectivity index (χ4v) is 1.87. The second-order valence-corrected chi connectivity index (χ2v) is 3.69. The van der Waals surface area contributed by atoms with Crippen LogP contribution in [0.4, 0.5) is 0 Å². The summed E-state index contributed by atoms with van der Waals surface area (Å²) in [5.74, 6) is 0. The van der Waals surface area contributed by atoms with Crippen LogP contribution in [0.15, 0.2) is 24.3 Å². The lowest BCUT2D eigenvalue weighted by Gasteiger charge is -2.26. The molecule has 2 heteroatoms. The molecule has 1 aromatic carbocycles. The van der Waals surface area contributed by atoms with E-state index in [1.54, 1.807) is 0 Å². The first-order valence-electron chi connectivity index (χ1n) is 5.52. The van der Waals surface area contributed by atoms with Crippen LogP contribution >= 0.6 is 0 Å². The quantitative estimate of drug-likeness (QED) is 0.689. The van der Waals surface area contributed by atoms with E-state index in [1.807, 2.05) is 18.2 Å². The van der Waals surface area contributed by atoms with E-state index in [0.717, 1.165) is 24.9 Å². The van der Waals surface area contributed by atoms with E-state index in [-0.39, 0.29) is 0 Å². The summed E-state index contributed by atoms with van der Waals surface area (Å²) < 4.78 is 0. The Balaban J connectivity index is 2.89. The smallest absolute Gasteiger partial charge is 0.150 e. The summed E-state index contributed by atoms with van der Waals surface area (Å²) >= 11 is 0. The molecule has 0 saturated carbocycles. The molecule has 0 spiro atoms. The standard InChI is InChI=1S/C13H19NO/c1-4-14(5-2)11(3)13-8-6-7-12(9-13)10-15/h6-11H,4-5H2,1-3H3. The van der Waals surface area contributed by atoms with Gasteiger partial charge in [-0.25, -0.2) is 0 Å². The Hall–Kier alpha value is -1.15. The zero-order valence-electron chi connectivity index (χ0n) is 9.73. The van der Waals surface area contributed by atoms with Crippen molar-refractivity contribution in [2.75, 3.05) is 13.1 Å². The van der Waals surface area contributed by atoms with Crippen LogP contribution in [0.3, 0.4) is 0 Å². The van der Waals surface area contributed by atoms with Gasteiger partial charge in [-0.1, -0.05) is 32.0 Å². The van der Waals surface area contributed by atoms with Crippen molar-refractivity contribution in [3.05, 3.63) is 35.4 Å². The molecule has 1 aromatic rings. The second kappa shape index (κ2) is 5.66. The molecule has 0 aliphatic rings. The average Bonchev–Trinajstić information content (AvgIpc) is 2.30. The van der Waals surface area contributed by atoms with Gasteiger partial charge in [-0.2, -0.15) is 0 Å². The number of carbonyl (C=O) groups excluding carboxylic acids is 1. The summed E-state index contributed by atoms with van der Waals surface area (Å²) in [5, 5.41) is 0. The highest BCUT2D eigenvalue weighted by molar-refractivity contribution is 5.74. The van der Waals surface area contributed by atoms with Gasteiger partial charge in [0.25, 0.3) is 0 Å². The number of hydrogen-bond donors (Lipinski definition) is 0. The molecule has 0 fully saturated rings. The van der Waals surface area contributed by atoms with Gasteiger partial charge >= 0.3 is 0 Å². The molecule has 15 heavy (non-hydrogen) atoms. The predicted molar refractivity (Wildman–Crippen MR) is 63.2 cm³/mol. The molecule has 0 N–H and O–H groups in total. The first-order chi connectivity index (χ1) is 7.22. The number of hydrogen-bond acceptors (Lipinski definition) is 2. The third-order valence-corrected chi connectivity index (χ3v) is 2.89. The van der Waals surface area contributed by atoms with Crippen LogP contribution in [0, 0.1) is 0 Å². The lowest BCUT2D eigenvalue weighted by molar-refractivity contribution is 0.112. The van der Waals surface area contributed by atoms with Crippen molar-refractivity contribution in [3.8, 4) is 0 Å². The fraction of sp³-hybridized carbons (Fsp3) is 0.462. The molecule has 1 rings (SSSR count). The Morgan fingerprint density at radius 3 is 2.53 bits per heavy atom. The van der Waals surface area contributed by atoms with E-state index < -0.39 is 0 Å². The Kier molecular flexibility index (Phi) is 4.50. The summed E-state index contributed by atoms with van der Waals surface area (Å²) in [6.07, 6.45) is 0.901. The minimum Gasteiger partial charge on any atom is -0.298 e. The fourth-order valence-electron chi connectivity index (χ4n) is 1.87. The molecule has 0 aliphatic carbocycles. The molecule has 0 radical (unpaired) electrons. The maximum Gasteiger partial charge on any atom is 0.150 e. The maximum atomic E-state index is 10.7. The Morgan fingerprint density at radius 1 is 1.33 bits per heavy atom. The summed E-state index contributed by atoms with van der Waals surface area (Å²) in [4.78, 5) is 13.0. The molecule has 2 nitrogen and oxygen atoms in total. The van der Waals surface area contributed by atoms with Crippen LogP contribution in [0.25, 0.3) is 0 Å². The van der Waals surface area contributed by atoms with Crippen LogP contribution in [-0.2, 0) is 0 Å². The van der Waals surface area contributed by atoms with E-state index in [4.69, 9.17) is 0 Å². The summed E-state index contributed by atoms with van der Waals surface area (Å²) in [7, 11) is 0. The van der Waals surface area contributed by atoms with Crippen molar-refractivity contribution in [1.82, 2.24) is 4.90 Å². The van der Waals surface area contributed by atoms with E-state index in [9.17, 15) is 4.79 Å². The molecular weight excluding hydrogens is 186 g/mol. The van der Waals surface area contributed by atoms with Gasteiger partial charge in [0.15, 0.2) is 0 Å². The minimum atomic E-state index is 0.375. The Labute approximate surface area is 91.9 Å². The van der Waals surface area contributed by atoms with Gasteiger partial charge in [0, 0.05) is 11.6 Å². The monoisotopic (exact) mass is 205 g/mol. The maximum absolute atomic E-state index is 10.7. The number of rotatable bonds is 5. The minimum absolute atomic E-state index is 0.375. The van der Waals surface area contributed by atoms with E-state index in [0.29, 0.717) is 6.04 Å². The Bertz CT molecular complexity index is 318. The van der Waals surface area contributed by atoms with Crippen molar-refractivity contribution in [1.29, 1.82) is 0 Å². The van der Waals surface area contributed by atoms with Crippen LogP contribution in [-0.4, -0.2) is 24.3 Å². The molecule has 0 aromatic heterocycles. The topological polar surface area (TPSA) is 20.3 Å². The highest BCUT2D eigenvalue weighted by Crippen LogP contribution is 2.19. The molecule has 0 bridgehead atoms. The van der Waals surface area contributed by atoms with E-state index >= 15 is 0 Å². The molecular formula is C13H19NO. The van der Waals surface area contributed by atoms with Crippen molar-refractivity contribution in [3.63, 3.8) is 0 Å². The predicted octanol–water partition coefficient (Wildman–Crippen LogP) is 2.90. The molecule has 1 unspecified atom stereocenters. The van der Waals surface area contributed by atoms with Gasteiger partial charge in [0.05, 0.1) is 0 Å². The number of carbonyl (C=O) groups is 1. The SMILES string of the molecule is CCN(CC)C(C)c1cccc(C=O)c1. The van der Waals surface area contributed by atoms with Crippen molar-refractivity contribution >= 4 is 6.29 Å². The number of nitrogens with zero attached hydrogens (tertiary/aromatic N) is 1. The Morgan fingerprint density at radius 2 is 2.00 bits per heavy atom. The molecule has 0 aliphatic heterocycles. The van der Waals surface area contributed by atoms with Crippen LogP contribution in [0.5, 0.6) is 0 Å². The first kappa shape index (κ1) is 11.9. The highest BCUT2D eigenvalue weighted by atomic mass is 16.1. The van der Waals surface area contributed by atoms with E-state index in [2.05, 4.69) is 31.7 Å². The summed E-state index contributed by atoms with van der Waals surface area (Å²) in [6.45, 7) is 8.55. The molecule has 0 heterocycles. The summed E-state index contributed by atoms with van der Waals surface area (Å²) in [6, 6.07) is 8.20. The van der Waals surface area contributed by atoms with Crippen molar-refractivity contribution in [2.45, 2.75) is 26.8 Å². The third-order valence-electron chi connectivity index (χ3n) is 2.89. The van der Waals surface area contributed by atoms with Crippen molar-refractivity contribution in [2.24, 2.45) is 0 Å². The number of aldehydes is 1. The summed E-state index contributed by atoms with van der Waals surface area (Å²) in [5.41, 5.74) is 1.97. The number of benzene rings is 1.